The van der Waals surface area contributed by atoms with Gasteiger partial charge < -0.3 is 14.1 Å². The van der Waals surface area contributed by atoms with E-state index in [0.717, 1.165) is 39.1 Å². The number of hydrogen-bond acceptors (Lipinski definition) is 4. The minimum absolute atomic E-state index is 0.155. The fourth-order valence-electron chi connectivity index (χ4n) is 3.26. The maximum Gasteiger partial charge on any atom is 0.0947 e. The third kappa shape index (κ3) is 2.86. The first kappa shape index (κ1) is 13.2. The van der Waals surface area contributed by atoms with Gasteiger partial charge in [-0.2, -0.15) is 0 Å². The summed E-state index contributed by atoms with van der Waals surface area (Å²) in [5.41, 5.74) is 1.43. The normalized spacial score (nSPS) is 27.4. The maximum atomic E-state index is 6.15. The predicted molar refractivity (Wildman–Crippen MR) is 74.0 cm³/mol. The van der Waals surface area contributed by atoms with Crippen molar-refractivity contribution in [2.24, 2.45) is 0 Å². The highest BCUT2D eigenvalue weighted by Gasteiger charge is 2.43. The fraction of sp³-hybridized carbons (Fsp3) is 0.733. The molecule has 2 fully saturated rings. The second-order valence-electron chi connectivity index (χ2n) is 6.22. The lowest BCUT2D eigenvalue weighted by atomic mass is 9.87. The summed E-state index contributed by atoms with van der Waals surface area (Å²) in [4.78, 5) is 4.80. The van der Waals surface area contributed by atoms with E-state index < -0.39 is 0 Å². The number of likely N-dealkylation sites (tertiary alicyclic amines) is 1. The monoisotopic (exact) mass is 264 g/mol. The summed E-state index contributed by atoms with van der Waals surface area (Å²) in [6.07, 6.45) is 7.12. The molecule has 0 bridgehead atoms. The molecule has 19 heavy (non-hydrogen) atoms. The van der Waals surface area contributed by atoms with Crippen molar-refractivity contribution in [3.05, 3.63) is 24.2 Å². The van der Waals surface area contributed by atoms with Crippen molar-refractivity contribution < 1.29 is 9.15 Å². The summed E-state index contributed by atoms with van der Waals surface area (Å²) in [6.45, 7) is 4.16. The van der Waals surface area contributed by atoms with Gasteiger partial charge in [0.1, 0.15) is 0 Å². The van der Waals surface area contributed by atoms with Crippen LogP contribution in [0.2, 0.25) is 0 Å². The van der Waals surface area contributed by atoms with Crippen LogP contribution in [-0.4, -0.2) is 55.2 Å². The van der Waals surface area contributed by atoms with Crippen LogP contribution in [-0.2, 0) is 11.3 Å². The Kier molecular flexibility index (Phi) is 3.65. The molecule has 0 amide bonds. The average Bonchev–Trinajstić information content (AvgIpc) is 3.03. The van der Waals surface area contributed by atoms with Crippen molar-refractivity contribution in [2.45, 2.75) is 37.5 Å². The Hall–Kier alpha value is -0.840. The zero-order chi connectivity index (χ0) is 13.3. The minimum atomic E-state index is 0.155. The second-order valence-corrected chi connectivity index (χ2v) is 6.22. The van der Waals surface area contributed by atoms with Gasteiger partial charge in [-0.05, 0) is 39.4 Å². The highest BCUT2D eigenvalue weighted by atomic mass is 16.5. The van der Waals surface area contributed by atoms with Gasteiger partial charge in [-0.15, -0.1) is 0 Å². The van der Waals surface area contributed by atoms with Crippen molar-refractivity contribution >= 4 is 0 Å². The third-order valence-electron chi connectivity index (χ3n) is 4.67. The van der Waals surface area contributed by atoms with Gasteiger partial charge in [-0.3, -0.25) is 4.90 Å². The quantitative estimate of drug-likeness (QED) is 0.834. The van der Waals surface area contributed by atoms with E-state index in [9.17, 15) is 0 Å². The van der Waals surface area contributed by atoms with Crippen LogP contribution in [0, 0.1) is 0 Å². The lowest BCUT2D eigenvalue weighted by molar-refractivity contribution is -0.0451. The zero-order valence-electron chi connectivity index (χ0n) is 12.0. The molecule has 1 aromatic rings. The van der Waals surface area contributed by atoms with Gasteiger partial charge in [-0.25, -0.2) is 0 Å². The first-order chi connectivity index (χ1) is 9.17. The summed E-state index contributed by atoms with van der Waals surface area (Å²) in [5.74, 6) is 0. The molecule has 2 aliphatic rings. The summed E-state index contributed by atoms with van der Waals surface area (Å²) >= 11 is 0. The Balaban J connectivity index is 1.52. The van der Waals surface area contributed by atoms with Crippen molar-refractivity contribution in [2.75, 3.05) is 33.8 Å². The van der Waals surface area contributed by atoms with E-state index in [0.29, 0.717) is 6.04 Å². The Labute approximate surface area is 115 Å². The van der Waals surface area contributed by atoms with E-state index >= 15 is 0 Å². The van der Waals surface area contributed by atoms with E-state index in [-0.39, 0.29) is 5.60 Å². The summed E-state index contributed by atoms with van der Waals surface area (Å²) in [5, 5.41) is 0. The Bertz CT molecular complexity index is 394. The molecule has 2 aliphatic heterocycles. The van der Waals surface area contributed by atoms with E-state index in [4.69, 9.17) is 9.15 Å². The van der Waals surface area contributed by atoms with Crippen LogP contribution in [0.4, 0.5) is 0 Å². The Morgan fingerprint density at radius 2 is 2.16 bits per heavy atom. The molecule has 0 aliphatic carbocycles. The van der Waals surface area contributed by atoms with E-state index in [1.165, 1.54) is 12.0 Å². The number of likely N-dealkylation sites (N-methyl/N-ethyl adjacent to an activating group) is 1. The van der Waals surface area contributed by atoms with Crippen LogP contribution >= 0.6 is 0 Å². The molecule has 106 valence electrons. The molecule has 0 saturated carbocycles. The molecule has 0 aromatic carbocycles. The number of nitrogens with zero attached hydrogens (tertiary/aromatic N) is 2. The molecule has 1 aromatic heterocycles. The first-order valence-electron chi connectivity index (χ1n) is 7.21. The summed E-state index contributed by atoms with van der Waals surface area (Å²) in [7, 11) is 4.31. The van der Waals surface area contributed by atoms with Crippen LogP contribution < -0.4 is 0 Å². The minimum Gasteiger partial charge on any atom is -0.472 e. The molecule has 4 nitrogen and oxygen atoms in total. The van der Waals surface area contributed by atoms with Crippen molar-refractivity contribution in [1.29, 1.82) is 0 Å². The van der Waals surface area contributed by atoms with Gasteiger partial charge in [0.15, 0.2) is 0 Å². The molecular weight excluding hydrogens is 240 g/mol. The van der Waals surface area contributed by atoms with Gasteiger partial charge in [0, 0.05) is 31.2 Å². The average molecular weight is 264 g/mol. The molecule has 3 rings (SSSR count). The second kappa shape index (κ2) is 5.27. The predicted octanol–water partition coefficient (Wildman–Crippen LogP) is 1.96. The van der Waals surface area contributed by atoms with Crippen molar-refractivity contribution in [3.63, 3.8) is 0 Å². The van der Waals surface area contributed by atoms with Gasteiger partial charge in [0.05, 0.1) is 24.7 Å². The molecule has 3 heterocycles. The topological polar surface area (TPSA) is 28.9 Å². The van der Waals surface area contributed by atoms with Gasteiger partial charge >= 0.3 is 0 Å². The van der Waals surface area contributed by atoms with Crippen molar-refractivity contribution in [1.82, 2.24) is 9.80 Å². The van der Waals surface area contributed by atoms with Crippen LogP contribution in [0.3, 0.4) is 0 Å². The molecule has 2 saturated heterocycles. The summed E-state index contributed by atoms with van der Waals surface area (Å²) in [6, 6.07) is 2.65. The van der Waals surface area contributed by atoms with Gasteiger partial charge in [0.2, 0.25) is 0 Å². The molecule has 1 atom stereocenters. The highest BCUT2D eigenvalue weighted by Crippen LogP contribution is 2.37. The summed E-state index contributed by atoms with van der Waals surface area (Å²) < 4.78 is 11.3. The third-order valence-corrected chi connectivity index (χ3v) is 4.67. The van der Waals surface area contributed by atoms with Crippen LogP contribution in [0.1, 0.15) is 24.8 Å². The lowest BCUT2D eigenvalue weighted by Gasteiger charge is -2.38. The van der Waals surface area contributed by atoms with Gasteiger partial charge in [0.25, 0.3) is 0 Å². The zero-order valence-corrected chi connectivity index (χ0v) is 12.0. The Morgan fingerprint density at radius 3 is 2.74 bits per heavy atom. The van der Waals surface area contributed by atoms with Crippen molar-refractivity contribution in [3.8, 4) is 0 Å². The number of furan rings is 1. The number of hydrogen-bond donors (Lipinski definition) is 0. The molecule has 1 spiro atoms. The fourth-order valence-corrected chi connectivity index (χ4v) is 3.26. The largest absolute Gasteiger partial charge is 0.472 e. The SMILES string of the molecule is CN(C)[C@H]1COC2(CCN(Cc3ccoc3)CC2)C1. The molecule has 0 radical (unpaired) electrons. The number of ether oxygens (including phenoxy) is 1. The first-order valence-corrected chi connectivity index (χ1v) is 7.21. The number of piperidine rings is 1. The molecular formula is C15H24N2O2. The smallest absolute Gasteiger partial charge is 0.0947 e. The van der Waals surface area contributed by atoms with Crippen LogP contribution in [0.5, 0.6) is 0 Å². The van der Waals surface area contributed by atoms with E-state index in [1.54, 1.807) is 6.26 Å². The van der Waals surface area contributed by atoms with E-state index in [2.05, 4.69) is 30.0 Å². The van der Waals surface area contributed by atoms with Gasteiger partial charge in [-0.1, -0.05) is 0 Å². The Morgan fingerprint density at radius 1 is 1.37 bits per heavy atom. The molecule has 4 heteroatoms. The van der Waals surface area contributed by atoms with Crippen LogP contribution in [0.15, 0.2) is 23.0 Å². The van der Waals surface area contributed by atoms with Crippen LogP contribution in [0.25, 0.3) is 0 Å². The number of rotatable bonds is 3. The van der Waals surface area contributed by atoms with E-state index in [1.807, 2.05) is 6.26 Å². The standard InChI is InChI=1S/C15H24N2O2/c1-16(2)14-9-15(19-12-14)4-6-17(7-5-15)10-13-3-8-18-11-13/h3,8,11,14H,4-7,9-10,12H2,1-2H3/t14-/m1/s1. The lowest BCUT2D eigenvalue weighted by Crippen LogP contribution is -2.44. The molecule has 0 unspecified atom stereocenters. The highest BCUT2D eigenvalue weighted by molar-refractivity contribution is 5.06. The maximum absolute atomic E-state index is 6.15. The molecule has 0 N–H and O–H groups in total.